The Morgan fingerprint density at radius 2 is 2.00 bits per heavy atom. The minimum Gasteiger partial charge on any atom is -0.385 e. The molecule has 0 aliphatic heterocycles. The van der Waals surface area contributed by atoms with Gasteiger partial charge in [-0.3, -0.25) is 0 Å². The number of hydrogen-bond acceptors (Lipinski definition) is 5. The van der Waals surface area contributed by atoms with Gasteiger partial charge in [0.15, 0.2) is 0 Å². The van der Waals surface area contributed by atoms with Gasteiger partial charge in [0.05, 0.1) is 12.5 Å². The minimum atomic E-state index is 0.407. The van der Waals surface area contributed by atoms with Crippen molar-refractivity contribution in [3.63, 3.8) is 0 Å². The van der Waals surface area contributed by atoms with E-state index in [2.05, 4.69) is 14.9 Å². The molecule has 0 radical (unpaired) electrons. The molecule has 0 spiro atoms. The third kappa shape index (κ3) is 4.76. The van der Waals surface area contributed by atoms with Crippen molar-refractivity contribution < 1.29 is 9.47 Å². The molecular formula is C12H20ClN3O2. The SMILES string of the molecule is COCCCN(CCOC)c1ncncc1CCl. The number of rotatable bonds is 9. The number of alkyl halides is 1. The van der Waals surface area contributed by atoms with Crippen LogP contribution in [0.5, 0.6) is 0 Å². The molecule has 102 valence electrons. The second-order valence-corrected chi connectivity index (χ2v) is 4.10. The smallest absolute Gasteiger partial charge is 0.136 e. The van der Waals surface area contributed by atoms with Crippen molar-refractivity contribution in [2.24, 2.45) is 0 Å². The fraction of sp³-hybridized carbons (Fsp3) is 0.667. The number of ether oxygens (including phenoxy) is 2. The normalized spacial score (nSPS) is 10.6. The van der Waals surface area contributed by atoms with Crippen LogP contribution >= 0.6 is 11.6 Å². The van der Waals surface area contributed by atoms with E-state index >= 15 is 0 Å². The third-order valence-corrected chi connectivity index (χ3v) is 2.84. The Morgan fingerprint density at radius 3 is 2.67 bits per heavy atom. The van der Waals surface area contributed by atoms with Gasteiger partial charge in [-0.25, -0.2) is 9.97 Å². The molecule has 0 aliphatic carbocycles. The highest BCUT2D eigenvalue weighted by atomic mass is 35.5. The Bertz CT molecular complexity index is 339. The van der Waals surface area contributed by atoms with E-state index in [1.165, 1.54) is 0 Å². The summed E-state index contributed by atoms with van der Waals surface area (Å²) in [6.07, 6.45) is 4.24. The summed E-state index contributed by atoms with van der Waals surface area (Å²) in [4.78, 5) is 10.5. The van der Waals surface area contributed by atoms with Crippen molar-refractivity contribution in [2.75, 3.05) is 45.4 Å². The molecule has 0 bridgehead atoms. The molecule has 1 heterocycles. The molecule has 5 nitrogen and oxygen atoms in total. The molecule has 0 aliphatic rings. The van der Waals surface area contributed by atoms with E-state index in [0.29, 0.717) is 12.5 Å². The molecule has 6 heteroatoms. The maximum absolute atomic E-state index is 5.91. The van der Waals surface area contributed by atoms with Crippen molar-refractivity contribution in [1.29, 1.82) is 0 Å². The molecule has 18 heavy (non-hydrogen) atoms. The van der Waals surface area contributed by atoms with Crippen LogP contribution in [0.25, 0.3) is 0 Å². The highest BCUT2D eigenvalue weighted by Crippen LogP contribution is 2.18. The fourth-order valence-corrected chi connectivity index (χ4v) is 1.84. The fourth-order valence-electron chi connectivity index (χ4n) is 1.66. The second kappa shape index (κ2) is 9.08. The molecule has 0 N–H and O–H groups in total. The van der Waals surface area contributed by atoms with E-state index in [9.17, 15) is 0 Å². The Labute approximate surface area is 113 Å². The van der Waals surface area contributed by atoms with E-state index in [1.54, 1.807) is 26.7 Å². The molecule has 1 aromatic heterocycles. The number of halogens is 1. The average molecular weight is 274 g/mol. The Balaban J connectivity index is 2.72. The first-order valence-corrected chi connectivity index (χ1v) is 6.44. The van der Waals surface area contributed by atoms with Crippen LogP contribution in [0.2, 0.25) is 0 Å². The van der Waals surface area contributed by atoms with Gasteiger partial charge in [0, 0.05) is 45.7 Å². The molecule has 0 saturated heterocycles. The molecule has 0 atom stereocenters. The highest BCUT2D eigenvalue weighted by molar-refractivity contribution is 6.17. The van der Waals surface area contributed by atoms with Gasteiger partial charge in [-0.05, 0) is 6.42 Å². The van der Waals surface area contributed by atoms with Crippen molar-refractivity contribution in [2.45, 2.75) is 12.3 Å². The standard InChI is InChI=1S/C12H20ClN3O2/c1-17-6-3-4-16(5-7-18-2)12-11(8-13)9-14-10-15-12/h9-10H,3-8H2,1-2H3. The van der Waals surface area contributed by atoms with Gasteiger partial charge >= 0.3 is 0 Å². The molecule has 0 fully saturated rings. The number of hydrogen-bond donors (Lipinski definition) is 0. The lowest BCUT2D eigenvalue weighted by molar-refractivity contribution is 0.191. The predicted octanol–water partition coefficient (Wildman–Crippen LogP) is 1.70. The number of aromatic nitrogens is 2. The first kappa shape index (κ1) is 15.1. The maximum atomic E-state index is 5.91. The third-order valence-electron chi connectivity index (χ3n) is 2.55. The van der Waals surface area contributed by atoms with Gasteiger partial charge in [-0.15, -0.1) is 11.6 Å². The maximum Gasteiger partial charge on any atom is 0.136 e. The summed E-state index contributed by atoms with van der Waals surface area (Å²) in [5.41, 5.74) is 0.938. The van der Waals surface area contributed by atoms with E-state index < -0.39 is 0 Å². The van der Waals surface area contributed by atoms with Crippen LogP contribution in [0.4, 0.5) is 5.82 Å². The molecule has 1 aromatic rings. The van der Waals surface area contributed by atoms with E-state index in [0.717, 1.165) is 37.5 Å². The number of methoxy groups -OCH3 is 2. The van der Waals surface area contributed by atoms with Gasteiger partial charge in [0.2, 0.25) is 0 Å². The number of anilines is 1. The lowest BCUT2D eigenvalue weighted by Crippen LogP contribution is -2.30. The Hall–Kier alpha value is -0.910. The molecule has 0 unspecified atom stereocenters. The van der Waals surface area contributed by atoms with Crippen LogP contribution in [-0.2, 0) is 15.4 Å². The van der Waals surface area contributed by atoms with Gasteiger partial charge in [0.25, 0.3) is 0 Å². The van der Waals surface area contributed by atoms with E-state index in [-0.39, 0.29) is 0 Å². The molecule has 0 amide bonds. The van der Waals surface area contributed by atoms with Gasteiger partial charge < -0.3 is 14.4 Å². The lowest BCUT2D eigenvalue weighted by Gasteiger charge is -2.24. The Morgan fingerprint density at radius 1 is 1.22 bits per heavy atom. The van der Waals surface area contributed by atoms with E-state index in [1.807, 2.05) is 0 Å². The lowest BCUT2D eigenvalue weighted by atomic mass is 10.3. The summed E-state index contributed by atoms with van der Waals surface area (Å²) in [5.74, 6) is 1.29. The molecule has 1 rings (SSSR count). The average Bonchev–Trinajstić information content (AvgIpc) is 2.42. The zero-order chi connectivity index (χ0) is 13.2. The summed E-state index contributed by atoms with van der Waals surface area (Å²) in [5, 5.41) is 0. The van der Waals surface area contributed by atoms with Crippen molar-refractivity contribution in [3.8, 4) is 0 Å². The molecular weight excluding hydrogens is 254 g/mol. The monoisotopic (exact) mass is 273 g/mol. The number of nitrogens with zero attached hydrogens (tertiary/aromatic N) is 3. The van der Waals surface area contributed by atoms with Gasteiger partial charge in [-0.2, -0.15) is 0 Å². The first-order valence-electron chi connectivity index (χ1n) is 5.91. The van der Waals surface area contributed by atoms with Crippen LogP contribution in [0.15, 0.2) is 12.5 Å². The van der Waals surface area contributed by atoms with Crippen LogP contribution in [-0.4, -0.2) is 50.5 Å². The molecule has 0 saturated carbocycles. The van der Waals surface area contributed by atoms with Crippen molar-refractivity contribution in [3.05, 3.63) is 18.1 Å². The summed E-state index contributed by atoms with van der Waals surface area (Å²) in [6, 6.07) is 0. The van der Waals surface area contributed by atoms with Crippen molar-refractivity contribution in [1.82, 2.24) is 9.97 Å². The zero-order valence-corrected chi connectivity index (χ0v) is 11.7. The van der Waals surface area contributed by atoms with Crippen LogP contribution in [0.3, 0.4) is 0 Å². The van der Waals surface area contributed by atoms with Crippen LogP contribution in [0.1, 0.15) is 12.0 Å². The quantitative estimate of drug-likeness (QED) is 0.506. The van der Waals surface area contributed by atoms with Crippen molar-refractivity contribution >= 4 is 17.4 Å². The minimum absolute atomic E-state index is 0.407. The van der Waals surface area contributed by atoms with Crippen LogP contribution < -0.4 is 4.90 Å². The van der Waals surface area contributed by atoms with Gasteiger partial charge in [0.1, 0.15) is 12.1 Å². The molecule has 0 aromatic carbocycles. The zero-order valence-electron chi connectivity index (χ0n) is 10.9. The highest BCUT2D eigenvalue weighted by Gasteiger charge is 2.12. The predicted molar refractivity (Wildman–Crippen MR) is 72.2 cm³/mol. The summed E-state index contributed by atoms with van der Waals surface area (Å²) < 4.78 is 10.2. The largest absolute Gasteiger partial charge is 0.385 e. The summed E-state index contributed by atoms with van der Waals surface area (Å²) >= 11 is 5.91. The van der Waals surface area contributed by atoms with Crippen LogP contribution in [0, 0.1) is 0 Å². The Kier molecular flexibility index (Phi) is 7.64. The second-order valence-electron chi connectivity index (χ2n) is 3.83. The topological polar surface area (TPSA) is 47.5 Å². The first-order chi connectivity index (χ1) is 8.83. The van der Waals surface area contributed by atoms with E-state index in [4.69, 9.17) is 21.1 Å². The summed E-state index contributed by atoms with van der Waals surface area (Å²) in [6.45, 7) is 3.02. The summed E-state index contributed by atoms with van der Waals surface area (Å²) in [7, 11) is 3.39. The van der Waals surface area contributed by atoms with Gasteiger partial charge in [-0.1, -0.05) is 0 Å².